The van der Waals surface area contributed by atoms with Crippen LogP contribution in [0.4, 0.5) is 5.69 Å². The van der Waals surface area contributed by atoms with Gasteiger partial charge in [-0.3, -0.25) is 19.7 Å². The molecule has 2 aliphatic heterocycles. The van der Waals surface area contributed by atoms with Crippen molar-refractivity contribution in [3.63, 3.8) is 0 Å². The quantitative estimate of drug-likeness (QED) is 0.358. The Hall–Kier alpha value is -3.98. The molecule has 170 valence electrons. The predicted octanol–water partition coefficient (Wildman–Crippen LogP) is 4.02. The number of non-ortho nitro benzene ring substituents is 1. The first-order valence-electron chi connectivity index (χ1n) is 11.0. The van der Waals surface area contributed by atoms with Crippen molar-refractivity contribution in [2.45, 2.75) is 25.0 Å². The number of carbonyl (C=O) groups excluding carboxylic acids is 2. The molecular weight excluding hydrogens is 452 g/mol. The third-order valence-electron chi connectivity index (χ3n) is 6.69. The number of aromatic nitrogens is 1. The molecule has 34 heavy (non-hydrogen) atoms. The summed E-state index contributed by atoms with van der Waals surface area (Å²) in [5.41, 5.74) is 3.53. The largest absolute Gasteiger partial charge is 0.356 e. The van der Waals surface area contributed by atoms with Gasteiger partial charge in [-0.25, -0.2) is 0 Å². The van der Waals surface area contributed by atoms with Crippen LogP contribution in [0.1, 0.15) is 27.7 Å². The Morgan fingerprint density at radius 3 is 2.59 bits per heavy atom. The van der Waals surface area contributed by atoms with Crippen LogP contribution in [0.2, 0.25) is 0 Å². The summed E-state index contributed by atoms with van der Waals surface area (Å²) in [6.07, 6.45) is 0.425. The first-order chi connectivity index (χ1) is 16.5. The highest BCUT2D eigenvalue weighted by Gasteiger charge is 2.48. The van der Waals surface area contributed by atoms with Crippen molar-refractivity contribution >= 4 is 39.7 Å². The van der Waals surface area contributed by atoms with Crippen LogP contribution in [0.15, 0.2) is 66.0 Å². The molecule has 0 radical (unpaired) electrons. The number of nitrogens with one attached hydrogen (secondary N) is 1. The number of aromatic amines is 1. The van der Waals surface area contributed by atoms with E-state index in [0.29, 0.717) is 13.0 Å². The van der Waals surface area contributed by atoms with Gasteiger partial charge in [-0.1, -0.05) is 24.3 Å². The van der Waals surface area contributed by atoms with E-state index < -0.39 is 17.0 Å². The van der Waals surface area contributed by atoms with Crippen LogP contribution in [0.3, 0.4) is 0 Å². The zero-order valence-electron chi connectivity index (χ0n) is 18.0. The first kappa shape index (κ1) is 20.6. The molecular formula is C25H20N4O4S. The molecule has 0 bridgehead atoms. The van der Waals surface area contributed by atoms with Crippen molar-refractivity contribution in [2.24, 2.45) is 0 Å². The molecule has 4 aromatic rings. The molecule has 1 fully saturated rings. The normalized spacial score (nSPS) is 19.9. The second-order valence-corrected chi connectivity index (χ2v) is 9.64. The summed E-state index contributed by atoms with van der Waals surface area (Å²) < 4.78 is 0. The average molecular weight is 473 g/mol. The molecule has 1 saturated heterocycles. The number of hydrogen-bond acceptors (Lipinski definition) is 5. The van der Waals surface area contributed by atoms with Gasteiger partial charge in [0.25, 0.3) is 5.69 Å². The summed E-state index contributed by atoms with van der Waals surface area (Å²) in [7, 11) is 0. The molecule has 2 atom stereocenters. The Balaban J connectivity index is 1.47. The number of piperazine rings is 1. The molecule has 0 unspecified atom stereocenters. The van der Waals surface area contributed by atoms with E-state index in [1.54, 1.807) is 33.3 Å². The maximum Gasteiger partial charge on any atom is 0.269 e. The number of nitro benzene ring substituents is 1. The van der Waals surface area contributed by atoms with Crippen LogP contribution in [-0.2, 0) is 22.6 Å². The monoisotopic (exact) mass is 472 g/mol. The average Bonchev–Trinajstić information content (AvgIpc) is 3.49. The molecule has 0 spiro atoms. The highest BCUT2D eigenvalue weighted by Crippen LogP contribution is 2.43. The fourth-order valence-corrected chi connectivity index (χ4v) is 5.89. The number of carbonyl (C=O) groups is 2. The van der Waals surface area contributed by atoms with Crippen LogP contribution in [0.5, 0.6) is 0 Å². The van der Waals surface area contributed by atoms with E-state index in [9.17, 15) is 19.7 Å². The van der Waals surface area contributed by atoms with Gasteiger partial charge in [-0.15, -0.1) is 11.3 Å². The number of thiophene rings is 1. The summed E-state index contributed by atoms with van der Waals surface area (Å²) in [6, 6.07) is 16.9. The Bertz CT molecular complexity index is 1430. The number of amides is 2. The van der Waals surface area contributed by atoms with E-state index in [0.717, 1.165) is 32.6 Å². The Labute approximate surface area is 198 Å². The van der Waals surface area contributed by atoms with Crippen molar-refractivity contribution in [1.82, 2.24) is 14.8 Å². The Kier molecular flexibility index (Phi) is 4.73. The molecule has 2 aromatic carbocycles. The van der Waals surface area contributed by atoms with Gasteiger partial charge in [-0.2, -0.15) is 0 Å². The van der Waals surface area contributed by atoms with Gasteiger partial charge in [-0.05, 0) is 40.8 Å². The number of fused-ring (bicyclic) bond motifs is 4. The van der Waals surface area contributed by atoms with E-state index in [-0.39, 0.29) is 24.0 Å². The maximum absolute atomic E-state index is 13.7. The smallest absolute Gasteiger partial charge is 0.269 e. The standard InChI is InChI=1S/C25H20N4O4S/c30-22-14-27(13-17-4-3-11-34-17)25(31)21-12-19-18-5-1-2-6-20(18)26-23(19)24(28(21)22)15-7-9-16(10-8-15)29(32)33/h1-11,21,24,26H,12-14H2/t21-,24-/m1/s1. The number of nitrogens with zero attached hydrogens (tertiary/aromatic N) is 3. The summed E-state index contributed by atoms with van der Waals surface area (Å²) in [5.74, 6) is -0.204. The number of hydrogen-bond donors (Lipinski definition) is 1. The maximum atomic E-state index is 13.7. The second kappa shape index (κ2) is 7.81. The van der Waals surface area contributed by atoms with Gasteiger partial charge in [0.05, 0.1) is 17.5 Å². The molecule has 1 N–H and O–H groups in total. The minimum Gasteiger partial charge on any atom is -0.356 e. The van der Waals surface area contributed by atoms with Crippen LogP contribution in [0, 0.1) is 10.1 Å². The minimum absolute atomic E-state index is 0.00623. The second-order valence-electron chi connectivity index (χ2n) is 8.61. The number of benzene rings is 2. The summed E-state index contributed by atoms with van der Waals surface area (Å²) in [4.78, 5) is 45.7. The van der Waals surface area contributed by atoms with Gasteiger partial charge < -0.3 is 14.8 Å². The van der Waals surface area contributed by atoms with Gasteiger partial charge in [0.15, 0.2) is 0 Å². The SMILES string of the molecule is O=C1[C@H]2Cc3c([nH]c4ccccc34)[C@@H](c3ccc([N+](=O)[O-])cc3)N2C(=O)CN1Cc1cccs1. The number of rotatable bonds is 4. The third kappa shape index (κ3) is 3.19. The summed E-state index contributed by atoms with van der Waals surface area (Å²) in [6.45, 7) is 0.418. The predicted molar refractivity (Wildman–Crippen MR) is 127 cm³/mol. The number of H-pyrrole nitrogens is 1. The van der Waals surface area contributed by atoms with Gasteiger partial charge in [0.1, 0.15) is 12.6 Å². The topological polar surface area (TPSA) is 99.5 Å². The van der Waals surface area contributed by atoms with Crippen molar-refractivity contribution < 1.29 is 14.5 Å². The van der Waals surface area contributed by atoms with E-state index in [2.05, 4.69) is 4.98 Å². The van der Waals surface area contributed by atoms with Crippen molar-refractivity contribution in [2.75, 3.05) is 6.54 Å². The minimum atomic E-state index is -0.631. The lowest BCUT2D eigenvalue weighted by atomic mass is 9.86. The Morgan fingerprint density at radius 2 is 1.85 bits per heavy atom. The van der Waals surface area contributed by atoms with Crippen LogP contribution < -0.4 is 0 Å². The van der Waals surface area contributed by atoms with Gasteiger partial charge in [0, 0.05) is 40.0 Å². The molecule has 8 nitrogen and oxygen atoms in total. The third-order valence-corrected chi connectivity index (χ3v) is 7.55. The molecule has 0 aliphatic carbocycles. The molecule has 4 heterocycles. The molecule has 2 amide bonds. The first-order valence-corrected chi connectivity index (χ1v) is 11.9. The van der Waals surface area contributed by atoms with Crippen molar-refractivity contribution in [3.8, 4) is 0 Å². The lowest BCUT2D eigenvalue weighted by Crippen LogP contribution is -2.62. The molecule has 2 aliphatic rings. The van der Waals surface area contributed by atoms with E-state index in [4.69, 9.17) is 0 Å². The van der Waals surface area contributed by atoms with Crippen LogP contribution in [-0.4, -0.2) is 44.1 Å². The zero-order chi connectivity index (χ0) is 23.4. The lowest BCUT2D eigenvalue weighted by Gasteiger charge is -2.47. The molecule has 0 saturated carbocycles. The van der Waals surface area contributed by atoms with E-state index in [1.165, 1.54) is 12.1 Å². The van der Waals surface area contributed by atoms with Crippen LogP contribution in [0.25, 0.3) is 10.9 Å². The van der Waals surface area contributed by atoms with Gasteiger partial charge in [0.2, 0.25) is 11.8 Å². The molecule has 9 heteroatoms. The van der Waals surface area contributed by atoms with Crippen molar-refractivity contribution in [1.29, 1.82) is 0 Å². The Morgan fingerprint density at radius 1 is 1.06 bits per heavy atom. The summed E-state index contributed by atoms with van der Waals surface area (Å²) in [5, 5.41) is 14.2. The van der Waals surface area contributed by atoms with Gasteiger partial charge >= 0.3 is 0 Å². The highest BCUT2D eigenvalue weighted by molar-refractivity contribution is 7.09. The fourth-order valence-electron chi connectivity index (χ4n) is 5.17. The fraction of sp³-hybridized carbons (Fsp3) is 0.200. The van der Waals surface area contributed by atoms with Crippen LogP contribution >= 0.6 is 11.3 Å². The molecule has 2 aromatic heterocycles. The number of nitro groups is 1. The lowest BCUT2D eigenvalue weighted by molar-refractivity contribution is -0.384. The zero-order valence-corrected chi connectivity index (χ0v) is 18.8. The molecule has 6 rings (SSSR count). The summed E-state index contributed by atoms with van der Waals surface area (Å²) >= 11 is 1.56. The van der Waals surface area contributed by atoms with E-state index >= 15 is 0 Å². The van der Waals surface area contributed by atoms with Crippen molar-refractivity contribution in [3.05, 3.63) is 97.9 Å². The highest BCUT2D eigenvalue weighted by atomic mass is 32.1. The van der Waals surface area contributed by atoms with E-state index in [1.807, 2.05) is 41.8 Å². The number of para-hydroxylation sites is 1.